The molecule has 5 nitrogen and oxygen atoms in total. The predicted octanol–water partition coefficient (Wildman–Crippen LogP) is 4.30. The van der Waals surface area contributed by atoms with E-state index in [2.05, 4.69) is 46.6 Å². The van der Waals surface area contributed by atoms with Crippen LogP contribution >= 0.6 is 0 Å². The van der Waals surface area contributed by atoms with E-state index in [0.29, 0.717) is 18.5 Å². The molecular formula is C26H28N2O3. The van der Waals surface area contributed by atoms with Crippen LogP contribution in [0.5, 0.6) is 0 Å². The molecule has 1 amide bonds. The number of ether oxygens (including phenoxy) is 1. The van der Waals surface area contributed by atoms with Crippen molar-refractivity contribution in [3.05, 3.63) is 83.4 Å². The van der Waals surface area contributed by atoms with Crippen molar-refractivity contribution in [2.24, 2.45) is 0 Å². The molecule has 0 unspecified atom stereocenters. The van der Waals surface area contributed by atoms with E-state index < -0.39 is 0 Å². The molecular weight excluding hydrogens is 388 g/mol. The van der Waals surface area contributed by atoms with Crippen LogP contribution in [0.25, 0.3) is 10.8 Å². The van der Waals surface area contributed by atoms with E-state index in [9.17, 15) is 9.59 Å². The van der Waals surface area contributed by atoms with E-state index in [1.54, 1.807) is 12.1 Å². The lowest BCUT2D eigenvalue weighted by atomic mass is 10.0. The molecule has 0 bridgehead atoms. The third-order valence-electron chi connectivity index (χ3n) is 6.03. The molecule has 160 valence electrons. The van der Waals surface area contributed by atoms with Gasteiger partial charge in [-0.1, -0.05) is 54.6 Å². The first-order valence-electron chi connectivity index (χ1n) is 10.8. The van der Waals surface area contributed by atoms with Crippen molar-refractivity contribution in [2.45, 2.75) is 38.4 Å². The highest BCUT2D eigenvalue weighted by Crippen LogP contribution is 2.26. The van der Waals surface area contributed by atoms with Crippen LogP contribution in [0.15, 0.2) is 66.7 Å². The van der Waals surface area contributed by atoms with Gasteiger partial charge in [0.15, 0.2) is 0 Å². The number of likely N-dealkylation sites (tertiary alicyclic amines) is 1. The van der Waals surface area contributed by atoms with Crippen LogP contribution in [0.1, 0.15) is 40.7 Å². The maximum atomic E-state index is 12.6. The Kier molecular flexibility index (Phi) is 6.63. The Bertz CT molecular complexity index is 1060. The number of amides is 1. The molecule has 0 radical (unpaired) electrons. The number of rotatable bonds is 8. The lowest BCUT2D eigenvalue weighted by Crippen LogP contribution is -2.34. The molecule has 3 aromatic rings. The number of esters is 1. The number of hydrogen-bond acceptors (Lipinski definition) is 4. The van der Waals surface area contributed by atoms with E-state index in [1.165, 1.54) is 23.4 Å². The molecule has 1 aliphatic rings. The lowest BCUT2D eigenvalue weighted by Gasteiger charge is -2.26. The van der Waals surface area contributed by atoms with Crippen LogP contribution < -0.4 is 5.32 Å². The molecule has 1 N–H and O–H groups in total. The standard InChI is InChI=1S/C26H28N2O3/c1-31-26(30)21-11-9-19(10-12-21)17-27-16-15-23-13-14-25(29)28(23)18-22-7-4-6-20-5-2-3-8-24(20)22/h2-12,23,27H,13-18H2,1H3/t23-/m0/s1. The Morgan fingerprint density at radius 1 is 1.06 bits per heavy atom. The van der Waals surface area contributed by atoms with Crippen molar-refractivity contribution in [1.82, 2.24) is 10.2 Å². The summed E-state index contributed by atoms with van der Waals surface area (Å²) in [7, 11) is 1.38. The van der Waals surface area contributed by atoms with Crippen molar-refractivity contribution in [2.75, 3.05) is 13.7 Å². The summed E-state index contributed by atoms with van der Waals surface area (Å²) >= 11 is 0. The summed E-state index contributed by atoms with van der Waals surface area (Å²) in [4.78, 5) is 26.1. The second-order valence-corrected chi connectivity index (χ2v) is 8.01. The van der Waals surface area contributed by atoms with Gasteiger partial charge >= 0.3 is 5.97 Å². The van der Waals surface area contributed by atoms with Gasteiger partial charge in [0.05, 0.1) is 12.7 Å². The molecule has 1 heterocycles. The van der Waals surface area contributed by atoms with Crippen LogP contribution in [-0.2, 0) is 22.6 Å². The second-order valence-electron chi connectivity index (χ2n) is 8.01. The number of benzene rings is 3. The van der Waals surface area contributed by atoms with Crippen LogP contribution in [0.4, 0.5) is 0 Å². The lowest BCUT2D eigenvalue weighted by molar-refractivity contribution is -0.129. The first-order chi connectivity index (χ1) is 15.2. The SMILES string of the molecule is COC(=O)c1ccc(CNCC[C@@H]2CCC(=O)N2Cc2cccc3ccccc23)cc1. The van der Waals surface area contributed by atoms with Crippen LogP contribution in [-0.4, -0.2) is 36.5 Å². The Morgan fingerprint density at radius 2 is 1.84 bits per heavy atom. The number of carbonyl (C=O) groups excluding carboxylic acids is 2. The number of nitrogens with one attached hydrogen (secondary N) is 1. The van der Waals surface area contributed by atoms with Gasteiger partial charge in [0.2, 0.25) is 5.91 Å². The molecule has 31 heavy (non-hydrogen) atoms. The Labute approximate surface area is 183 Å². The number of nitrogens with zero attached hydrogens (tertiary/aromatic N) is 1. The van der Waals surface area contributed by atoms with Gasteiger partial charge in [-0.3, -0.25) is 4.79 Å². The third-order valence-corrected chi connectivity index (χ3v) is 6.03. The predicted molar refractivity (Wildman–Crippen MR) is 122 cm³/mol. The summed E-state index contributed by atoms with van der Waals surface area (Å²) in [5, 5.41) is 5.90. The monoisotopic (exact) mass is 416 g/mol. The first-order valence-corrected chi connectivity index (χ1v) is 10.8. The highest BCUT2D eigenvalue weighted by molar-refractivity contribution is 5.89. The minimum atomic E-state index is -0.323. The molecule has 5 heteroatoms. The first kappa shape index (κ1) is 21.1. The molecule has 0 saturated carbocycles. The minimum absolute atomic E-state index is 0.247. The number of methoxy groups -OCH3 is 1. The smallest absolute Gasteiger partial charge is 0.337 e. The average Bonchev–Trinajstić information content (AvgIpc) is 3.16. The fourth-order valence-electron chi connectivity index (χ4n) is 4.30. The average molecular weight is 417 g/mol. The quantitative estimate of drug-likeness (QED) is 0.439. The zero-order valence-electron chi connectivity index (χ0n) is 17.8. The van der Waals surface area contributed by atoms with Gasteiger partial charge in [0, 0.05) is 25.6 Å². The molecule has 0 spiro atoms. The largest absolute Gasteiger partial charge is 0.465 e. The van der Waals surface area contributed by atoms with E-state index in [4.69, 9.17) is 4.74 Å². The molecule has 0 aromatic heterocycles. The second kappa shape index (κ2) is 9.75. The summed E-state index contributed by atoms with van der Waals surface area (Å²) in [5.41, 5.74) is 2.87. The summed E-state index contributed by atoms with van der Waals surface area (Å²) in [6.07, 6.45) is 2.47. The van der Waals surface area contributed by atoms with Crippen molar-refractivity contribution < 1.29 is 14.3 Å². The molecule has 1 fully saturated rings. The van der Waals surface area contributed by atoms with Gasteiger partial charge in [0.1, 0.15) is 0 Å². The molecule has 4 rings (SSSR count). The third kappa shape index (κ3) is 4.94. The summed E-state index contributed by atoms with van der Waals surface area (Å²) < 4.78 is 4.73. The van der Waals surface area contributed by atoms with E-state index in [1.807, 2.05) is 18.2 Å². The minimum Gasteiger partial charge on any atom is -0.465 e. The number of fused-ring (bicyclic) bond motifs is 1. The topological polar surface area (TPSA) is 58.6 Å². The van der Waals surface area contributed by atoms with Crippen molar-refractivity contribution in [3.8, 4) is 0 Å². The Morgan fingerprint density at radius 3 is 2.65 bits per heavy atom. The highest BCUT2D eigenvalue weighted by atomic mass is 16.5. The molecule has 0 aliphatic carbocycles. The van der Waals surface area contributed by atoms with Gasteiger partial charge in [-0.15, -0.1) is 0 Å². The molecule has 1 atom stereocenters. The maximum absolute atomic E-state index is 12.6. The van der Waals surface area contributed by atoms with Crippen LogP contribution in [0.3, 0.4) is 0 Å². The summed E-state index contributed by atoms with van der Waals surface area (Å²) in [5.74, 6) is -0.0759. The van der Waals surface area contributed by atoms with E-state index in [-0.39, 0.29) is 17.9 Å². The van der Waals surface area contributed by atoms with Crippen molar-refractivity contribution >= 4 is 22.6 Å². The van der Waals surface area contributed by atoms with Crippen LogP contribution in [0.2, 0.25) is 0 Å². The summed E-state index contributed by atoms with van der Waals surface area (Å²) in [6, 6.07) is 22.4. The van der Waals surface area contributed by atoms with Crippen molar-refractivity contribution in [1.29, 1.82) is 0 Å². The normalized spacial score (nSPS) is 16.1. The Hall–Kier alpha value is -3.18. The Balaban J connectivity index is 1.32. The van der Waals surface area contributed by atoms with Crippen molar-refractivity contribution in [3.63, 3.8) is 0 Å². The van der Waals surface area contributed by atoms with E-state index in [0.717, 1.165) is 31.5 Å². The molecule has 1 saturated heterocycles. The van der Waals surface area contributed by atoms with Gasteiger partial charge in [-0.05, 0) is 53.4 Å². The van der Waals surface area contributed by atoms with Gasteiger partial charge < -0.3 is 15.0 Å². The zero-order valence-corrected chi connectivity index (χ0v) is 17.8. The molecule has 1 aliphatic heterocycles. The number of carbonyl (C=O) groups is 2. The zero-order chi connectivity index (χ0) is 21.6. The fourth-order valence-corrected chi connectivity index (χ4v) is 4.30. The van der Waals surface area contributed by atoms with Gasteiger partial charge in [-0.25, -0.2) is 4.79 Å². The van der Waals surface area contributed by atoms with E-state index >= 15 is 0 Å². The summed E-state index contributed by atoms with van der Waals surface area (Å²) in [6.45, 7) is 2.23. The molecule has 3 aromatic carbocycles. The number of hydrogen-bond donors (Lipinski definition) is 1. The van der Waals surface area contributed by atoms with Crippen LogP contribution in [0, 0.1) is 0 Å². The van der Waals surface area contributed by atoms with Gasteiger partial charge in [0.25, 0.3) is 0 Å². The fraction of sp³-hybridized carbons (Fsp3) is 0.308. The van der Waals surface area contributed by atoms with Gasteiger partial charge in [-0.2, -0.15) is 0 Å². The maximum Gasteiger partial charge on any atom is 0.337 e. The highest BCUT2D eigenvalue weighted by Gasteiger charge is 2.30.